The van der Waals surface area contributed by atoms with Crippen LogP contribution in [0, 0.1) is 12.7 Å². The van der Waals surface area contributed by atoms with Gasteiger partial charge in [0.15, 0.2) is 11.6 Å². The molecule has 0 saturated heterocycles. The number of nitrogens with one attached hydrogen (secondary N) is 1. The summed E-state index contributed by atoms with van der Waals surface area (Å²) in [4.78, 5) is 12.7. The Morgan fingerprint density at radius 1 is 1.09 bits per heavy atom. The third-order valence-electron chi connectivity index (χ3n) is 5.56. The topological polar surface area (TPSA) is 69.3 Å². The lowest BCUT2D eigenvalue weighted by atomic mass is 10.1. The average Bonchev–Trinajstić information content (AvgIpc) is 3.46. The van der Waals surface area contributed by atoms with Crippen LogP contribution in [0.3, 0.4) is 0 Å². The molecule has 2 heterocycles. The van der Waals surface area contributed by atoms with Gasteiger partial charge < -0.3 is 14.5 Å². The number of nitrogens with zero attached hydrogens (tertiary/aromatic N) is 2. The summed E-state index contributed by atoms with van der Waals surface area (Å²) < 4.78 is 26.6. The fraction of sp³-hybridized carbons (Fsp3) is 0.111. The minimum atomic E-state index is -0.425. The highest BCUT2D eigenvalue weighted by Gasteiger charge is 2.15. The molecule has 5 aromatic rings. The number of aryl methyl sites for hydroxylation is 1. The van der Waals surface area contributed by atoms with Crippen molar-refractivity contribution in [3.8, 4) is 5.75 Å². The lowest BCUT2D eigenvalue weighted by Gasteiger charge is -2.08. The van der Waals surface area contributed by atoms with Crippen LogP contribution in [0.15, 0.2) is 83.3 Å². The van der Waals surface area contributed by atoms with Gasteiger partial charge in [0, 0.05) is 22.2 Å². The van der Waals surface area contributed by atoms with Crippen molar-refractivity contribution >= 4 is 34.1 Å². The first-order valence-corrected chi connectivity index (χ1v) is 11.3. The van der Waals surface area contributed by atoms with E-state index in [1.807, 2.05) is 49.4 Å². The van der Waals surface area contributed by atoms with Crippen molar-refractivity contribution in [1.82, 2.24) is 9.78 Å². The fourth-order valence-electron chi connectivity index (χ4n) is 3.77. The monoisotopic (exact) mass is 489 g/mol. The van der Waals surface area contributed by atoms with Crippen LogP contribution in [0.5, 0.6) is 5.75 Å². The van der Waals surface area contributed by atoms with E-state index in [-0.39, 0.29) is 12.4 Å². The van der Waals surface area contributed by atoms with E-state index in [1.165, 1.54) is 12.1 Å². The Hall–Kier alpha value is -4.10. The van der Waals surface area contributed by atoms with Gasteiger partial charge in [-0.1, -0.05) is 54.1 Å². The zero-order valence-corrected chi connectivity index (χ0v) is 19.6. The van der Waals surface area contributed by atoms with Crippen LogP contribution < -0.4 is 10.1 Å². The van der Waals surface area contributed by atoms with Crippen LogP contribution in [-0.2, 0) is 13.2 Å². The number of carbonyl (C=O) groups excluding carboxylic acids is 1. The third kappa shape index (κ3) is 5.05. The summed E-state index contributed by atoms with van der Waals surface area (Å²) in [5.74, 6) is 0.963. The molecule has 1 amide bonds. The first-order chi connectivity index (χ1) is 17.0. The molecule has 1 N–H and O–H groups in total. The van der Waals surface area contributed by atoms with Gasteiger partial charge in [-0.05, 0) is 48.2 Å². The van der Waals surface area contributed by atoms with Crippen molar-refractivity contribution in [2.24, 2.45) is 0 Å². The molecule has 35 heavy (non-hydrogen) atoms. The molecule has 0 radical (unpaired) electrons. The molecule has 8 heteroatoms. The highest BCUT2D eigenvalue weighted by atomic mass is 35.5. The van der Waals surface area contributed by atoms with Gasteiger partial charge in [-0.2, -0.15) is 5.10 Å². The Bertz CT molecular complexity index is 1520. The van der Waals surface area contributed by atoms with Crippen LogP contribution in [0.4, 0.5) is 10.2 Å². The minimum Gasteiger partial charge on any atom is -0.485 e. The van der Waals surface area contributed by atoms with Crippen molar-refractivity contribution in [2.75, 3.05) is 5.32 Å². The molecule has 0 bridgehead atoms. The number of furan rings is 1. The van der Waals surface area contributed by atoms with Gasteiger partial charge in [0.25, 0.3) is 5.91 Å². The second-order valence-corrected chi connectivity index (χ2v) is 8.46. The van der Waals surface area contributed by atoms with E-state index in [0.29, 0.717) is 23.1 Å². The number of anilines is 1. The number of amides is 1. The number of hydrogen-bond donors (Lipinski definition) is 1. The predicted molar refractivity (Wildman–Crippen MR) is 132 cm³/mol. The fourth-order valence-corrected chi connectivity index (χ4v) is 4.00. The number of benzene rings is 3. The predicted octanol–water partition coefficient (Wildman–Crippen LogP) is 6.61. The standard InChI is InChI=1S/C27H21ClFN3O3/c1-17-13-26(31-32(17)15-19-9-10-20(29)14-23(19)28)30-27(33)25-12-11-21(35-25)16-34-24-8-4-6-18-5-2-3-7-22(18)24/h2-14H,15-16H2,1H3,(H,30,31,33). The molecule has 3 aromatic carbocycles. The minimum absolute atomic E-state index is 0.148. The summed E-state index contributed by atoms with van der Waals surface area (Å²) in [6.07, 6.45) is 0. The maximum Gasteiger partial charge on any atom is 0.292 e. The quantitative estimate of drug-likeness (QED) is 0.279. The van der Waals surface area contributed by atoms with Crippen LogP contribution in [0.1, 0.15) is 27.6 Å². The van der Waals surface area contributed by atoms with Crippen LogP contribution in [0.2, 0.25) is 5.02 Å². The summed E-state index contributed by atoms with van der Waals surface area (Å²) in [5.41, 5.74) is 1.53. The lowest BCUT2D eigenvalue weighted by molar-refractivity contribution is 0.0992. The molecule has 0 spiro atoms. The highest BCUT2D eigenvalue weighted by molar-refractivity contribution is 6.31. The van der Waals surface area contributed by atoms with Crippen molar-refractivity contribution in [2.45, 2.75) is 20.1 Å². The van der Waals surface area contributed by atoms with E-state index in [0.717, 1.165) is 27.8 Å². The second kappa shape index (κ2) is 9.64. The van der Waals surface area contributed by atoms with Gasteiger partial charge in [0.2, 0.25) is 0 Å². The number of ether oxygens (including phenoxy) is 1. The number of hydrogen-bond acceptors (Lipinski definition) is 4. The number of fused-ring (bicyclic) bond motifs is 1. The molecular formula is C27H21ClFN3O3. The van der Waals surface area contributed by atoms with E-state index in [1.54, 1.807) is 28.9 Å². The van der Waals surface area contributed by atoms with Crippen LogP contribution in [-0.4, -0.2) is 15.7 Å². The smallest absolute Gasteiger partial charge is 0.292 e. The summed E-state index contributed by atoms with van der Waals surface area (Å²) >= 11 is 6.13. The zero-order valence-electron chi connectivity index (χ0n) is 18.8. The van der Waals surface area contributed by atoms with E-state index in [9.17, 15) is 9.18 Å². The van der Waals surface area contributed by atoms with E-state index in [2.05, 4.69) is 10.4 Å². The van der Waals surface area contributed by atoms with Crippen molar-refractivity contribution in [1.29, 1.82) is 0 Å². The van der Waals surface area contributed by atoms with Gasteiger partial charge in [0.1, 0.15) is 23.9 Å². The van der Waals surface area contributed by atoms with Gasteiger partial charge in [-0.25, -0.2) is 4.39 Å². The van der Waals surface area contributed by atoms with Gasteiger partial charge >= 0.3 is 0 Å². The summed E-state index contributed by atoms with van der Waals surface area (Å²) in [5, 5.41) is 9.56. The maximum absolute atomic E-state index is 13.3. The summed E-state index contributed by atoms with van der Waals surface area (Å²) in [6.45, 7) is 2.39. The Morgan fingerprint density at radius 3 is 2.77 bits per heavy atom. The van der Waals surface area contributed by atoms with Gasteiger partial charge in [-0.3, -0.25) is 9.48 Å². The molecule has 2 aromatic heterocycles. The normalized spacial score (nSPS) is 11.1. The molecule has 5 rings (SSSR count). The molecule has 6 nitrogen and oxygen atoms in total. The van der Waals surface area contributed by atoms with Gasteiger partial charge in [0.05, 0.1) is 6.54 Å². The molecule has 0 aliphatic heterocycles. The zero-order chi connectivity index (χ0) is 24.4. The van der Waals surface area contributed by atoms with E-state index < -0.39 is 11.7 Å². The lowest BCUT2D eigenvalue weighted by Crippen LogP contribution is -2.12. The molecule has 0 fully saturated rings. The molecule has 0 aliphatic carbocycles. The first kappa shape index (κ1) is 22.7. The molecule has 0 unspecified atom stereocenters. The van der Waals surface area contributed by atoms with E-state index >= 15 is 0 Å². The Kier molecular flexibility index (Phi) is 6.25. The molecule has 0 saturated carbocycles. The summed E-state index contributed by atoms with van der Waals surface area (Å²) in [6, 6.07) is 23.1. The largest absolute Gasteiger partial charge is 0.485 e. The third-order valence-corrected chi connectivity index (χ3v) is 5.91. The Balaban J connectivity index is 1.23. The molecule has 0 atom stereocenters. The molecule has 176 valence electrons. The Labute approximate surface area is 205 Å². The first-order valence-electron chi connectivity index (χ1n) is 11.0. The van der Waals surface area contributed by atoms with Crippen LogP contribution >= 0.6 is 11.6 Å². The Morgan fingerprint density at radius 2 is 1.91 bits per heavy atom. The second-order valence-electron chi connectivity index (χ2n) is 8.05. The number of carbonyl (C=O) groups is 1. The SMILES string of the molecule is Cc1cc(NC(=O)c2ccc(COc3cccc4ccccc34)o2)nn1Cc1ccc(F)cc1Cl. The van der Waals surface area contributed by atoms with Crippen molar-refractivity contribution in [3.05, 3.63) is 112 Å². The summed E-state index contributed by atoms with van der Waals surface area (Å²) in [7, 11) is 0. The maximum atomic E-state index is 13.3. The highest BCUT2D eigenvalue weighted by Crippen LogP contribution is 2.26. The molecule has 0 aliphatic rings. The number of aromatic nitrogens is 2. The van der Waals surface area contributed by atoms with Gasteiger partial charge in [-0.15, -0.1) is 0 Å². The number of halogens is 2. The molecular weight excluding hydrogens is 469 g/mol. The average molecular weight is 490 g/mol. The van der Waals surface area contributed by atoms with Crippen LogP contribution in [0.25, 0.3) is 10.8 Å². The van der Waals surface area contributed by atoms with Crippen molar-refractivity contribution < 1.29 is 18.3 Å². The van der Waals surface area contributed by atoms with Crippen molar-refractivity contribution in [3.63, 3.8) is 0 Å². The number of rotatable bonds is 7. The van der Waals surface area contributed by atoms with E-state index in [4.69, 9.17) is 20.8 Å².